The predicted octanol–water partition coefficient (Wildman–Crippen LogP) is 1.83. The predicted molar refractivity (Wildman–Crippen MR) is 77.0 cm³/mol. The summed E-state index contributed by atoms with van der Waals surface area (Å²) < 4.78 is 0. The van der Waals surface area contributed by atoms with E-state index in [2.05, 4.69) is 11.0 Å². The maximum atomic E-state index is 10.3. The molecule has 0 bridgehead atoms. The second kappa shape index (κ2) is 6.36. The highest BCUT2D eigenvalue weighted by molar-refractivity contribution is 5.32. The first-order valence-electron chi connectivity index (χ1n) is 7.13. The van der Waals surface area contributed by atoms with Crippen molar-refractivity contribution in [2.75, 3.05) is 19.6 Å². The number of benzene rings is 1. The Morgan fingerprint density at radius 3 is 2.65 bits per heavy atom. The van der Waals surface area contributed by atoms with Gasteiger partial charge in [0.05, 0.1) is 23.3 Å². The van der Waals surface area contributed by atoms with E-state index in [9.17, 15) is 10.2 Å². The molecule has 0 spiro atoms. The minimum Gasteiger partial charge on any atom is -0.390 e. The van der Waals surface area contributed by atoms with E-state index in [1.807, 2.05) is 6.92 Å². The molecular formula is C16H22N2O2. The molecule has 2 rings (SSSR count). The summed E-state index contributed by atoms with van der Waals surface area (Å²) in [6, 6.07) is 9.13. The Balaban J connectivity index is 1.93. The van der Waals surface area contributed by atoms with Crippen molar-refractivity contribution in [1.82, 2.24) is 4.90 Å². The fraction of sp³-hybridized carbons (Fsp3) is 0.562. The molecule has 4 heteroatoms. The van der Waals surface area contributed by atoms with Crippen LogP contribution in [-0.4, -0.2) is 40.3 Å². The van der Waals surface area contributed by atoms with E-state index in [4.69, 9.17) is 5.26 Å². The molecular weight excluding hydrogens is 252 g/mol. The molecule has 1 aromatic carbocycles. The van der Waals surface area contributed by atoms with Gasteiger partial charge in [0.1, 0.15) is 0 Å². The molecule has 20 heavy (non-hydrogen) atoms. The van der Waals surface area contributed by atoms with Crippen LogP contribution in [0.2, 0.25) is 0 Å². The molecule has 0 amide bonds. The van der Waals surface area contributed by atoms with Gasteiger partial charge in [-0.05, 0) is 50.4 Å². The van der Waals surface area contributed by atoms with Crippen molar-refractivity contribution in [3.05, 3.63) is 35.4 Å². The minimum absolute atomic E-state index is 0.550. The summed E-state index contributed by atoms with van der Waals surface area (Å²) in [5.74, 6) is 0. The zero-order valence-corrected chi connectivity index (χ0v) is 11.9. The standard InChI is InChI=1S/C16H22N2O2/c1-16(20)7-2-9-18(10-8-16)12-15(19)14-5-3-13(11-17)4-6-14/h3-6,15,19-20H,2,7-10,12H2,1H3. The minimum atomic E-state index is -0.575. The molecule has 1 heterocycles. The van der Waals surface area contributed by atoms with Crippen LogP contribution in [0.5, 0.6) is 0 Å². The van der Waals surface area contributed by atoms with Crippen molar-refractivity contribution in [2.45, 2.75) is 37.9 Å². The number of nitriles is 1. The van der Waals surface area contributed by atoms with Crippen LogP contribution in [-0.2, 0) is 0 Å². The summed E-state index contributed by atoms with van der Waals surface area (Å²) in [7, 11) is 0. The zero-order valence-electron chi connectivity index (χ0n) is 11.9. The average molecular weight is 274 g/mol. The van der Waals surface area contributed by atoms with Crippen LogP contribution in [0, 0.1) is 11.3 Å². The highest BCUT2D eigenvalue weighted by atomic mass is 16.3. The van der Waals surface area contributed by atoms with E-state index in [1.54, 1.807) is 24.3 Å². The number of hydrogen-bond acceptors (Lipinski definition) is 4. The Hall–Kier alpha value is -1.41. The summed E-state index contributed by atoms with van der Waals surface area (Å²) in [6.45, 7) is 4.17. The summed E-state index contributed by atoms with van der Waals surface area (Å²) in [5.41, 5.74) is 0.862. The third-order valence-electron chi connectivity index (χ3n) is 4.01. The lowest BCUT2D eigenvalue weighted by Crippen LogP contribution is -2.31. The highest BCUT2D eigenvalue weighted by Gasteiger charge is 2.25. The van der Waals surface area contributed by atoms with Gasteiger partial charge in [-0.15, -0.1) is 0 Å². The summed E-state index contributed by atoms with van der Waals surface area (Å²) in [4.78, 5) is 2.20. The molecule has 1 aliphatic rings. The molecule has 2 N–H and O–H groups in total. The largest absolute Gasteiger partial charge is 0.390 e. The number of β-amino-alcohol motifs (C(OH)–C–C–N with tert-alkyl or cyclic N) is 1. The number of aliphatic hydroxyl groups excluding tert-OH is 1. The SMILES string of the molecule is CC1(O)CCCN(CC(O)c2ccc(C#N)cc2)CC1. The Labute approximate surface area is 120 Å². The summed E-state index contributed by atoms with van der Waals surface area (Å²) in [5, 5.41) is 29.1. The van der Waals surface area contributed by atoms with Gasteiger partial charge in [0, 0.05) is 13.1 Å². The van der Waals surface area contributed by atoms with Crippen molar-refractivity contribution in [1.29, 1.82) is 5.26 Å². The van der Waals surface area contributed by atoms with Crippen LogP contribution >= 0.6 is 0 Å². The van der Waals surface area contributed by atoms with Crippen molar-refractivity contribution in [2.24, 2.45) is 0 Å². The molecule has 0 aromatic heterocycles. The first kappa shape index (κ1) is 15.0. The van der Waals surface area contributed by atoms with E-state index < -0.39 is 11.7 Å². The van der Waals surface area contributed by atoms with Crippen molar-refractivity contribution in [3.63, 3.8) is 0 Å². The Morgan fingerprint density at radius 2 is 2.00 bits per heavy atom. The van der Waals surface area contributed by atoms with E-state index in [-0.39, 0.29) is 0 Å². The topological polar surface area (TPSA) is 67.5 Å². The Morgan fingerprint density at radius 1 is 1.30 bits per heavy atom. The van der Waals surface area contributed by atoms with Gasteiger partial charge < -0.3 is 15.1 Å². The monoisotopic (exact) mass is 274 g/mol. The normalized spacial score (nSPS) is 25.7. The van der Waals surface area contributed by atoms with E-state index >= 15 is 0 Å². The number of likely N-dealkylation sites (tertiary alicyclic amines) is 1. The fourth-order valence-electron chi connectivity index (χ4n) is 2.63. The van der Waals surface area contributed by atoms with Crippen LogP contribution in [0.1, 0.15) is 43.4 Å². The van der Waals surface area contributed by atoms with Crippen LogP contribution in [0.3, 0.4) is 0 Å². The number of aliphatic hydroxyl groups is 2. The first-order valence-corrected chi connectivity index (χ1v) is 7.13. The Kier molecular flexibility index (Phi) is 4.77. The second-order valence-electron chi connectivity index (χ2n) is 5.90. The fourth-order valence-corrected chi connectivity index (χ4v) is 2.63. The smallest absolute Gasteiger partial charge is 0.0991 e. The molecule has 1 saturated heterocycles. The van der Waals surface area contributed by atoms with Crippen molar-refractivity contribution in [3.8, 4) is 6.07 Å². The van der Waals surface area contributed by atoms with Crippen LogP contribution in [0.15, 0.2) is 24.3 Å². The molecule has 4 nitrogen and oxygen atoms in total. The third kappa shape index (κ3) is 4.04. The van der Waals surface area contributed by atoms with Gasteiger partial charge in [-0.1, -0.05) is 12.1 Å². The van der Waals surface area contributed by atoms with E-state index in [0.29, 0.717) is 12.1 Å². The molecule has 2 unspecified atom stereocenters. The van der Waals surface area contributed by atoms with Gasteiger partial charge in [0.2, 0.25) is 0 Å². The number of rotatable bonds is 3. The molecule has 1 fully saturated rings. The molecule has 0 aliphatic carbocycles. The van der Waals surface area contributed by atoms with Crippen LogP contribution in [0.4, 0.5) is 0 Å². The maximum Gasteiger partial charge on any atom is 0.0991 e. The van der Waals surface area contributed by atoms with E-state index in [0.717, 1.165) is 37.9 Å². The molecule has 108 valence electrons. The van der Waals surface area contributed by atoms with Crippen LogP contribution in [0.25, 0.3) is 0 Å². The molecule has 0 saturated carbocycles. The third-order valence-corrected chi connectivity index (χ3v) is 4.01. The van der Waals surface area contributed by atoms with E-state index in [1.165, 1.54) is 0 Å². The van der Waals surface area contributed by atoms with Gasteiger partial charge >= 0.3 is 0 Å². The van der Waals surface area contributed by atoms with Gasteiger partial charge in [0.15, 0.2) is 0 Å². The van der Waals surface area contributed by atoms with Gasteiger partial charge in [-0.2, -0.15) is 5.26 Å². The second-order valence-corrected chi connectivity index (χ2v) is 5.90. The van der Waals surface area contributed by atoms with Gasteiger partial charge in [-0.3, -0.25) is 0 Å². The molecule has 0 radical (unpaired) electrons. The lowest BCUT2D eigenvalue weighted by atomic mass is 9.98. The van der Waals surface area contributed by atoms with Crippen molar-refractivity contribution < 1.29 is 10.2 Å². The summed E-state index contributed by atoms with van der Waals surface area (Å²) in [6.07, 6.45) is 1.96. The zero-order chi connectivity index (χ0) is 14.6. The average Bonchev–Trinajstić information content (AvgIpc) is 2.60. The number of hydrogen-bond donors (Lipinski definition) is 2. The lowest BCUT2D eigenvalue weighted by Gasteiger charge is -2.24. The maximum absolute atomic E-state index is 10.3. The summed E-state index contributed by atoms with van der Waals surface area (Å²) >= 11 is 0. The quantitative estimate of drug-likeness (QED) is 0.882. The lowest BCUT2D eigenvalue weighted by molar-refractivity contribution is 0.0420. The Bertz CT molecular complexity index is 476. The van der Waals surface area contributed by atoms with Gasteiger partial charge in [0.25, 0.3) is 0 Å². The first-order chi connectivity index (χ1) is 9.50. The van der Waals surface area contributed by atoms with Crippen LogP contribution < -0.4 is 0 Å². The van der Waals surface area contributed by atoms with Crippen molar-refractivity contribution >= 4 is 0 Å². The molecule has 1 aliphatic heterocycles. The molecule has 1 aromatic rings. The highest BCUT2D eigenvalue weighted by Crippen LogP contribution is 2.23. The van der Waals surface area contributed by atoms with Gasteiger partial charge in [-0.25, -0.2) is 0 Å². The molecule has 2 atom stereocenters. The number of nitrogens with zero attached hydrogens (tertiary/aromatic N) is 2.